The molecule has 1 aliphatic heterocycles. The molecule has 0 amide bonds. The molecule has 3 heterocycles. The molecule has 162 valence electrons. The number of nitrogens with zero attached hydrogens (tertiary/aromatic N) is 5. The van der Waals surface area contributed by atoms with Gasteiger partial charge in [-0.2, -0.15) is 4.31 Å². The van der Waals surface area contributed by atoms with Crippen LogP contribution in [0.4, 0.5) is 5.82 Å². The Bertz CT molecular complexity index is 1130. The van der Waals surface area contributed by atoms with Crippen molar-refractivity contribution in [1.82, 2.24) is 19.5 Å². The Hall–Kier alpha value is -3.24. The van der Waals surface area contributed by atoms with Crippen LogP contribution in [0, 0.1) is 0 Å². The summed E-state index contributed by atoms with van der Waals surface area (Å²) >= 11 is 0. The first-order chi connectivity index (χ1) is 15.0. The van der Waals surface area contributed by atoms with Gasteiger partial charge in [0.05, 0.1) is 19.9 Å². The molecular weight excluding hydrogens is 418 g/mol. The molecule has 1 aromatic carbocycles. The highest BCUT2D eigenvalue weighted by Crippen LogP contribution is 2.31. The van der Waals surface area contributed by atoms with Crippen LogP contribution >= 0.6 is 0 Å². The summed E-state index contributed by atoms with van der Waals surface area (Å²) in [5, 5.41) is 8.57. The number of benzene rings is 1. The standard InChI is InChI=1S/C21H23N5O4S/c1-29-16-6-8-19(30-2)20(15-16)31(27,28)26-13-11-25(12-14-26)21-9-7-18(23-24-21)17-5-3-4-10-22-17/h3-10,15H,11-14H2,1-2H3. The van der Waals surface area contributed by atoms with Crippen molar-refractivity contribution in [3.05, 3.63) is 54.7 Å². The van der Waals surface area contributed by atoms with Crippen LogP contribution in [0.1, 0.15) is 0 Å². The fourth-order valence-electron chi connectivity index (χ4n) is 3.43. The second-order valence-corrected chi connectivity index (χ2v) is 8.81. The highest BCUT2D eigenvalue weighted by molar-refractivity contribution is 7.89. The van der Waals surface area contributed by atoms with Crippen LogP contribution in [0.3, 0.4) is 0 Å². The van der Waals surface area contributed by atoms with Gasteiger partial charge >= 0.3 is 0 Å². The lowest BCUT2D eigenvalue weighted by Crippen LogP contribution is -2.49. The van der Waals surface area contributed by atoms with Crippen molar-refractivity contribution < 1.29 is 17.9 Å². The van der Waals surface area contributed by atoms with Crippen molar-refractivity contribution in [3.8, 4) is 22.9 Å². The molecule has 1 saturated heterocycles. The highest BCUT2D eigenvalue weighted by Gasteiger charge is 2.31. The molecule has 0 aliphatic carbocycles. The van der Waals surface area contributed by atoms with Gasteiger partial charge in [-0.1, -0.05) is 6.07 Å². The average molecular weight is 442 g/mol. The van der Waals surface area contributed by atoms with Gasteiger partial charge in [-0.15, -0.1) is 10.2 Å². The number of aromatic nitrogens is 3. The maximum Gasteiger partial charge on any atom is 0.247 e. The lowest BCUT2D eigenvalue weighted by atomic mass is 10.2. The van der Waals surface area contributed by atoms with Crippen molar-refractivity contribution in [1.29, 1.82) is 0 Å². The number of methoxy groups -OCH3 is 2. The average Bonchev–Trinajstić information content (AvgIpc) is 2.84. The molecule has 0 atom stereocenters. The number of rotatable bonds is 6. The zero-order valence-corrected chi connectivity index (χ0v) is 18.1. The number of hydrogen-bond acceptors (Lipinski definition) is 8. The Morgan fingerprint density at radius 2 is 1.68 bits per heavy atom. The molecular formula is C21H23N5O4S. The van der Waals surface area contributed by atoms with Crippen molar-refractivity contribution in [2.24, 2.45) is 0 Å². The van der Waals surface area contributed by atoms with Crippen LogP contribution in [0.15, 0.2) is 59.6 Å². The molecule has 10 heteroatoms. The molecule has 0 unspecified atom stereocenters. The zero-order chi connectivity index (χ0) is 21.8. The smallest absolute Gasteiger partial charge is 0.247 e. The molecule has 0 saturated carbocycles. The van der Waals surface area contributed by atoms with Gasteiger partial charge in [-0.05, 0) is 36.4 Å². The molecule has 2 aromatic heterocycles. The number of piperazine rings is 1. The Kier molecular flexibility index (Phi) is 6.01. The van der Waals surface area contributed by atoms with Gasteiger partial charge in [0.1, 0.15) is 22.1 Å². The third-order valence-corrected chi connectivity index (χ3v) is 7.05. The molecule has 1 fully saturated rings. The summed E-state index contributed by atoms with van der Waals surface area (Å²) in [7, 11) is -0.781. The van der Waals surface area contributed by atoms with Gasteiger partial charge in [0.25, 0.3) is 0 Å². The minimum Gasteiger partial charge on any atom is -0.497 e. The Labute approximate surface area is 181 Å². The molecule has 0 radical (unpaired) electrons. The SMILES string of the molecule is COc1ccc(OC)c(S(=O)(=O)N2CCN(c3ccc(-c4ccccn4)nn3)CC2)c1. The number of ether oxygens (including phenoxy) is 2. The van der Waals surface area contributed by atoms with Crippen molar-refractivity contribution in [2.45, 2.75) is 4.90 Å². The molecule has 0 N–H and O–H groups in total. The van der Waals surface area contributed by atoms with Crippen molar-refractivity contribution in [3.63, 3.8) is 0 Å². The third kappa shape index (κ3) is 4.30. The van der Waals surface area contributed by atoms with Crippen LogP contribution < -0.4 is 14.4 Å². The van der Waals surface area contributed by atoms with Gasteiger partial charge in [-0.3, -0.25) is 4.98 Å². The van der Waals surface area contributed by atoms with Gasteiger partial charge in [0.15, 0.2) is 5.82 Å². The van der Waals surface area contributed by atoms with Crippen LogP contribution in [-0.4, -0.2) is 68.3 Å². The summed E-state index contributed by atoms with van der Waals surface area (Å²) < 4.78 is 38.3. The summed E-state index contributed by atoms with van der Waals surface area (Å²) in [4.78, 5) is 6.39. The van der Waals surface area contributed by atoms with Crippen molar-refractivity contribution in [2.75, 3.05) is 45.3 Å². The third-order valence-electron chi connectivity index (χ3n) is 5.13. The predicted molar refractivity (Wildman–Crippen MR) is 116 cm³/mol. The second kappa shape index (κ2) is 8.86. The lowest BCUT2D eigenvalue weighted by molar-refractivity contribution is 0.370. The summed E-state index contributed by atoms with van der Waals surface area (Å²) in [6, 6.07) is 14.1. The van der Waals surface area contributed by atoms with E-state index in [0.29, 0.717) is 49.2 Å². The lowest BCUT2D eigenvalue weighted by Gasteiger charge is -2.34. The molecule has 9 nitrogen and oxygen atoms in total. The second-order valence-electron chi connectivity index (χ2n) is 6.90. The first kappa shape index (κ1) is 21.0. The topological polar surface area (TPSA) is 97.8 Å². The first-order valence-corrected chi connectivity index (χ1v) is 11.2. The van der Waals surface area contributed by atoms with Gasteiger partial charge < -0.3 is 14.4 Å². The van der Waals surface area contributed by atoms with Crippen LogP contribution in [-0.2, 0) is 10.0 Å². The summed E-state index contributed by atoms with van der Waals surface area (Å²) in [6.07, 6.45) is 1.71. The van der Waals surface area contributed by atoms with Crippen LogP contribution in [0.2, 0.25) is 0 Å². The van der Waals surface area contributed by atoms with E-state index < -0.39 is 10.0 Å². The van der Waals surface area contributed by atoms with Crippen molar-refractivity contribution >= 4 is 15.8 Å². The molecule has 4 rings (SSSR count). The predicted octanol–water partition coefficient (Wildman–Crippen LogP) is 2.07. The zero-order valence-electron chi connectivity index (χ0n) is 17.3. The van der Waals surface area contributed by atoms with Gasteiger partial charge in [0.2, 0.25) is 10.0 Å². The maximum absolute atomic E-state index is 13.2. The van der Waals surface area contributed by atoms with E-state index in [1.165, 1.54) is 24.6 Å². The number of hydrogen-bond donors (Lipinski definition) is 0. The molecule has 0 bridgehead atoms. The largest absolute Gasteiger partial charge is 0.497 e. The number of pyridine rings is 1. The Morgan fingerprint density at radius 1 is 0.871 bits per heavy atom. The van der Waals surface area contributed by atoms with Crippen LogP contribution in [0.5, 0.6) is 11.5 Å². The molecule has 1 aliphatic rings. The molecule has 0 spiro atoms. The summed E-state index contributed by atoms with van der Waals surface area (Å²) in [5.41, 5.74) is 1.44. The molecule has 3 aromatic rings. The van der Waals surface area contributed by atoms with Crippen LogP contribution in [0.25, 0.3) is 11.4 Å². The van der Waals surface area contributed by atoms with E-state index in [1.54, 1.807) is 18.3 Å². The minimum atomic E-state index is -3.73. The van der Waals surface area contributed by atoms with E-state index in [0.717, 1.165) is 5.69 Å². The minimum absolute atomic E-state index is 0.0994. The molecule has 31 heavy (non-hydrogen) atoms. The fraction of sp³-hybridized carbons (Fsp3) is 0.286. The number of anilines is 1. The Morgan fingerprint density at radius 3 is 2.29 bits per heavy atom. The maximum atomic E-state index is 13.2. The first-order valence-electron chi connectivity index (χ1n) is 9.75. The summed E-state index contributed by atoms with van der Waals surface area (Å²) in [6.45, 7) is 1.66. The van der Waals surface area contributed by atoms with E-state index in [9.17, 15) is 8.42 Å². The van der Waals surface area contributed by atoms with E-state index >= 15 is 0 Å². The monoisotopic (exact) mass is 441 g/mol. The Balaban J connectivity index is 1.47. The number of sulfonamides is 1. The summed E-state index contributed by atoms with van der Waals surface area (Å²) in [5.74, 6) is 1.45. The van der Waals surface area contributed by atoms with E-state index in [-0.39, 0.29) is 4.90 Å². The van der Waals surface area contributed by atoms with E-state index in [1.807, 2.05) is 35.2 Å². The van der Waals surface area contributed by atoms with E-state index in [4.69, 9.17) is 9.47 Å². The highest BCUT2D eigenvalue weighted by atomic mass is 32.2. The van der Waals surface area contributed by atoms with Gasteiger partial charge in [-0.25, -0.2) is 8.42 Å². The normalized spacial score (nSPS) is 15.0. The fourth-order valence-corrected chi connectivity index (χ4v) is 5.02. The quantitative estimate of drug-likeness (QED) is 0.573. The van der Waals surface area contributed by atoms with E-state index in [2.05, 4.69) is 15.2 Å². The van der Waals surface area contributed by atoms with Gasteiger partial charge in [0, 0.05) is 38.4 Å².